The second kappa shape index (κ2) is 7.16. The zero-order valence-corrected chi connectivity index (χ0v) is 16.3. The van der Waals surface area contributed by atoms with Gasteiger partial charge in [0.15, 0.2) is 17.0 Å². The van der Waals surface area contributed by atoms with Gasteiger partial charge in [0.25, 0.3) is 5.91 Å². The molecule has 0 saturated heterocycles. The first-order valence-electron chi connectivity index (χ1n) is 8.21. The fraction of sp³-hybridized carbons (Fsp3) is 0.176. The molecule has 1 N–H and O–H groups in total. The molecule has 1 amide bonds. The molecule has 0 atom stereocenters. The number of amides is 1. The summed E-state index contributed by atoms with van der Waals surface area (Å²) in [5.41, 5.74) is -0.471. The van der Waals surface area contributed by atoms with Crippen LogP contribution >= 0.6 is 22.9 Å². The Morgan fingerprint density at radius 1 is 1.28 bits per heavy atom. The van der Waals surface area contributed by atoms with Crippen molar-refractivity contribution in [3.63, 3.8) is 0 Å². The molecule has 4 rings (SSSR count). The molecule has 0 saturated carbocycles. The Kier molecular flexibility index (Phi) is 4.79. The first-order valence-corrected chi connectivity index (χ1v) is 9.40. The topological polar surface area (TPSA) is 77.1 Å². The molecule has 4 aromatic rings. The zero-order chi connectivity index (χ0) is 20.8. The quantitative estimate of drug-likeness (QED) is 0.523. The van der Waals surface area contributed by atoms with E-state index in [9.17, 15) is 18.0 Å². The van der Waals surface area contributed by atoms with Gasteiger partial charge in [-0.3, -0.25) is 9.48 Å². The maximum Gasteiger partial charge on any atom is 0.433 e. The minimum Gasteiger partial charge on any atom is -0.345 e. The number of alkyl halides is 3. The molecule has 150 valence electrons. The maximum atomic E-state index is 13.6. The number of thiophene rings is 1. The van der Waals surface area contributed by atoms with Crippen LogP contribution in [0, 0.1) is 0 Å². The number of carbonyl (C=O) groups excluding carboxylic acids is 1. The molecule has 0 fully saturated rings. The highest BCUT2D eigenvalue weighted by molar-refractivity contribution is 7.19. The van der Waals surface area contributed by atoms with Crippen molar-refractivity contribution in [2.75, 3.05) is 0 Å². The van der Waals surface area contributed by atoms with Crippen molar-refractivity contribution >= 4 is 34.5 Å². The number of carbonyl (C=O) groups is 1. The molecule has 0 aromatic carbocycles. The van der Waals surface area contributed by atoms with E-state index in [0.29, 0.717) is 13.7 Å². The van der Waals surface area contributed by atoms with Crippen LogP contribution in [0.15, 0.2) is 36.5 Å². The first kappa shape index (κ1) is 19.4. The normalized spacial score (nSPS) is 11.9. The van der Waals surface area contributed by atoms with Crippen LogP contribution in [-0.4, -0.2) is 30.3 Å². The van der Waals surface area contributed by atoms with Gasteiger partial charge in [0.2, 0.25) is 0 Å². The van der Waals surface area contributed by atoms with E-state index in [-0.39, 0.29) is 23.6 Å². The molecule has 7 nitrogen and oxygen atoms in total. The fourth-order valence-corrected chi connectivity index (χ4v) is 3.71. The second-order valence-electron chi connectivity index (χ2n) is 6.06. The highest BCUT2D eigenvalue weighted by Gasteiger charge is 2.35. The molecular weight excluding hydrogens is 429 g/mol. The highest BCUT2D eigenvalue weighted by Crippen LogP contribution is 2.35. The Labute approximate surface area is 170 Å². The SMILES string of the molecule is Cn1nccc1CNC(=O)c1cc2nc(-c3ccc(Cl)s3)cc(C(F)(F)F)n2n1. The predicted molar refractivity (Wildman–Crippen MR) is 101 cm³/mol. The van der Waals surface area contributed by atoms with Gasteiger partial charge in [-0.1, -0.05) is 11.6 Å². The van der Waals surface area contributed by atoms with E-state index in [1.807, 2.05) is 0 Å². The molecule has 0 aliphatic carbocycles. The third kappa shape index (κ3) is 3.83. The van der Waals surface area contributed by atoms with E-state index >= 15 is 0 Å². The van der Waals surface area contributed by atoms with Gasteiger partial charge in [-0.05, 0) is 24.3 Å². The lowest BCUT2D eigenvalue weighted by Crippen LogP contribution is -2.24. The van der Waals surface area contributed by atoms with Crippen molar-refractivity contribution in [2.24, 2.45) is 7.05 Å². The monoisotopic (exact) mass is 440 g/mol. The van der Waals surface area contributed by atoms with Crippen molar-refractivity contribution in [1.82, 2.24) is 29.7 Å². The zero-order valence-electron chi connectivity index (χ0n) is 14.7. The molecule has 4 heterocycles. The van der Waals surface area contributed by atoms with E-state index < -0.39 is 17.8 Å². The Hall–Kier alpha value is -2.92. The molecule has 0 unspecified atom stereocenters. The summed E-state index contributed by atoms with van der Waals surface area (Å²) in [6, 6.07) is 6.98. The van der Waals surface area contributed by atoms with Gasteiger partial charge in [0.1, 0.15) is 0 Å². The molecule has 0 aliphatic rings. The maximum absolute atomic E-state index is 13.6. The van der Waals surface area contributed by atoms with Gasteiger partial charge in [-0.15, -0.1) is 11.3 Å². The van der Waals surface area contributed by atoms with Crippen LogP contribution in [0.1, 0.15) is 21.9 Å². The lowest BCUT2D eigenvalue weighted by molar-refractivity contribution is -0.142. The largest absolute Gasteiger partial charge is 0.433 e. The summed E-state index contributed by atoms with van der Waals surface area (Å²) in [5.74, 6) is -0.620. The summed E-state index contributed by atoms with van der Waals surface area (Å²) in [4.78, 5) is 17.1. The van der Waals surface area contributed by atoms with E-state index in [1.165, 1.54) is 6.07 Å². The fourth-order valence-electron chi connectivity index (χ4n) is 2.70. The van der Waals surface area contributed by atoms with Crippen molar-refractivity contribution in [1.29, 1.82) is 0 Å². The number of aromatic nitrogens is 5. The third-order valence-electron chi connectivity index (χ3n) is 4.13. The second-order valence-corrected chi connectivity index (χ2v) is 7.77. The third-order valence-corrected chi connectivity index (χ3v) is 5.38. The Balaban J connectivity index is 1.72. The molecule has 0 radical (unpaired) electrons. The highest BCUT2D eigenvalue weighted by atomic mass is 35.5. The molecule has 12 heteroatoms. The molecule has 0 spiro atoms. The Morgan fingerprint density at radius 3 is 2.69 bits per heavy atom. The van der Waals surface area contributed by atoms with Crippen molar-refractivity contribution in [3.8, 4) is 10.6 Å². The number of rotatable bonds is 4. The predicted octanol–water partition coefficient (Wildman–Crippen LogP) is 3.79. The summed E-state index contributed by atoms with van der Waals surface area (Å²) in [6.45, 7) is 0.154. The molecule has 29 heavy (non-hydrogen) atoms. The average molecular weight is 441 g/mol. The number of aryl methyl sites for hydroxylation is 1. The number of nitrogens with zero attached hydrogens (tertiary/aromatic N) is 5. The summed E-state index contributed by atoms with van der Waals surface area (Å²) >= 11 is 6.99. The van der Waals surface area contributed by atoms with Crippen LogP contribution in [0.2, 0.25) is 4.34 Å². The summed E-state index contributed by atoms with van der Waals surface area (Å²) in [7, 11) is 1.71. The number of fused-ring (bicyclic) bond motifs is 1. The van der Waals surface area contributed by atoms with Crippen LogP contribution in [0.4, 0.5) is 13.2 Å². The van der Waals surface area contributed by atoms with Crippen LogP contribution in [0.25, 0.3) is 16.2 Å². The number of halogens is 4. The van der Waals surface area contributed by atoms with E-state index in [1.54, 1.807) is 36.1 Å². The standard InChI is InChI=1S/C17H12ClF3N6OS/c1-26-9(4-5-23-26)8-22-16(28)11-7-15-24-10(12-2-3-14(18)29-12)6-13(17(19,20)21)27(15)25-11/h2-7H,8H2,1H3,(H,22,28). The molecular formula is C17H12ClF3N6OS. The summed E-state index contributed by atoms with van der Waals surface area (Å²) in [6.07, 6.45) is -3.12. The molecule has 0 aliphatic heterocycles. The van der Waals surface area contributed by atoms with Crippen LogP contribution in [0.5, 0.6) is 0 Å². The van der Waals surface area contributed by atoms with Crippen molar-refractivity contribution < 1.29 is 18.0 Å². The molecule has 0 bridgehead atoms. The van der Waals surface area contributed by atoms with E-state index in [0.717, 1.165) is 23.1 Å². The minimum atomic E-state index is -4.69. The number of hydrogen-bond acceptors (Lipinski definition) is 5. The van der Waals surface area contributed by atoms with E-state index in [4.69, 9.17) is 11.6 Å². The Morgan fingerprint density at radius 2 is 2.07 bits per heavy atom. The first-order chi connectivity index (χ1) is 13.7. The van der Waals surface area contributed by atoms with Crippen LogP contribution in [-0.2, 0) is 19.8 Å². The van der Waals surface area contributed by atoms with E-state index in [2.05, 4.69) is 20.5 Å². The van der Waals surface area contributed by atoms with Crippen molar-refractivity contribution in [2.45, 2.75) is 12.7 Å². The Bertz CT molecular complexity index is 1210. The van der Waals surface area contributed by atoms with Crippen molar-refractivity contribution in [3.05, 3.63) is 57.9 Å². The van der Waals surface area contributed by atoms with Crippen LogP contribution in [0.3, 0.4) is 0 Å². The van der Waals surface area contributed by atoms with Gasteiger partial charge < -0.3 is 5.32 Å². The summed E-state index contributed by atoms with van der Waals surface area (Å²) < 4.78 is 43.4. The number of hydrogen-bond donors (Lipinski definition) is 1. The minimum absolute atomic E-state index is 0.0926. The number of nitrogens with one attached hydrogen (secondary N) is 1. The molecule has 4 aromatic heterocycles. The summed E-state index contributed by atoms with van der Waals surface area (Å²) in [5, 5.41) is 10.4. The lowest BCUT2D eigenvalue weighted by Gasteiger charge is -2.10. The van der Waals surface area contributed by atoms with Gasteiger partial charge >= 0.3 is 6.18 Å². The van der Waals surface area contributed by atoms with Gasteiger partial charge in [0, 0.05) is 19.3 Å². The van der Waals surface area contributed by atoms with Gasteiger partial charge in [0.05, 0.1) is 27.1 Å². The smallest absolute Gasteiger partial charge is 0.345 e. The van der Waals surface area contributed by atoms with Gasteiger partial charge in [-0.2, -0.15) is 23.4 Å². The van der Waals surface area contributed by atoms with Crippen LogP contribution < -0.4 is 5.32 Å². The lowest BCUT2D eigenvalue weighted by atomic mass is 10.2. The van der Waals surface area contributed by atoms with Gasteiger partial charge in [-0.25, -0.2) is 9.50 Å². The average Bonchev–Trinajstić information content (AvgIpc) is 3.37.